The number of hydrogen-bond donors (Lipinski definition) is 2. The normalized spacial score (nSPS) is 10.2. The molecule has 0 aliphatic carbocycles. The fraction of sp³-hybridized carbons (Fsp3) is 0. The van der Waals surface area contributed by atoms with E-state index in [1.54, 1.807) is 0 Å². The minimum Gasteiger partial charge on any atom is -0.307 e. The lowest BCUT2D eigenvalue weighted by Crippen LogP contribution is -2.13. The second-order valence-electron chi connectivity index (χ2n) is 3.47. The zero-order valence-corrected chi connectivity index (χ0v) is 10.7. The Hall–Kier alpha value is -2.12. The number of benzene rings is 1. The first-order valence-electron chi connectivity index (χ1n) is 4.93. The highest BCUT2D eigenvalue weighted by molar-refractivity contribution is 6.44. The van der Waals surface area contributed by atoms with Crippen molar-refractivity contribution in [2.75, 3.05) is 5.32 Å². The van der Waals surface area contributed by atoms with E-state index < -0.39 is 10.8 Å². The Bertz CT molecular complexity index is 642. The molecular weight excluding hydrogens is 295 g/mol. The lowest BCUT2D eigenvalue weighted by Gasteiger charge is -2.06. The number of anilines is 1. The molecule has 0 fully saturated rings. The van der Waals surface area contributed by atoms with E-state index in [1.165, 1.54) is 12.3 Å². The third-order valence-electron chi connectivity index (χ3n) is 2.22. The van der Waals surface area contributed by atoms with Crippen LogP contribution < -0.4 is 5.32 Å². The molecule has 0 radical (unpaired) electrons. The Morgan fingerprint density at radius 1 is 1.42 bits per heavy atom. The van der Waals surface area contributed by atoms with Gasteiger partial charge in [-0.25, -0.2) is 0 Å². The molecule has 1 aromatic heterocycles. The highest BCUT2D eigenvalue weighted by atomic mass is 35.5. The number of H-pyrrole nitrogens is 1. The molecule has 0 saturated carbocycles. The number of carbonyl (C=O) groups excluding carboxylic acids is 1. The summed E-state index contributed by atoms with van der Waals surface area (Å²) in [7, 11) is 0. The first-order chi connectivity index (χ1) is 8.99. The summed E-state index contributed by atoms with van der Waals surface area (Å²) < 4.78 is 0. The van der Waals surface area contributed by atoms with Crippen LogP contribution in [0.3, 0.4) is 0 Å². The van der Waals surface area contributed by atoms with Gasteiger partial charge in [-0.15, -0.1) is 0 Å². The Morgan fingerprint density at radius 2 is 2.16 bits per heavy atom. The van der Waals surface area contributed by atoms with Gasteiger partial charge in [0.2, 0.25) is 0 Å². The molecule has 0 aliphatic rings. The predicted molar refractivity (Wildman–Crippen MR) is 69.7 cm³/mol. The van der Waals surface area contributed by atoms with Crippen LogP contribution in [0.1, 0.15) is 10.4 Å². The van der Waals surface area contributed by atoms with Crippen LogP contribution >= 0.6 is 23.2 Å². The molecule has 0 atom stereocenters. The van der Waals surface area contributed by atoms with Gasteiger partial charge in [0.05, 0.1) is 26.7 Å². The van der Waals surface area contributed by atoms with Crippen molar-refractivity contribution in [3.05, 3.63) is 50.1 Å². The average molecular weight is 301 g/mol. The summed E-state index contributed by atoms with van der Waals surface area (Å²) in [6, 6.07) is 3.65. The van der Waals surface area contributed by atoms with E-state index in [4.69, 9.17) is 23.2 Å². The van der Waals surface area contributed by atoms with Crippen LogP contribution in [-0.2, 0) is 0 Å². The molecule has 1 amide bonds. The standard InChI is InChI=1S/C10H6Cl2N4O3/c11-7-4-5(16(18)19)3-6(9(7)12)10(17)14-8-1-2-13-15-8/h1-4H,(H2,13,14,15,17). The molecule has 0 bridgehead atoms. The maximum Gasteiger partial charge on any atom is 0.271 e. The Kier molecular flexibility index (Phi) is 3.68. The quantitative estimate of drug-likeness (QED) is 0.672. The maximum absolute atomic E-state index is 11.9. The van der Waals surface area contributed by atoms with Gasteiger partial charge in [-0.1, -0.05) is 23.2 Å². The summed E-state index contributed by atoms with van der Waals surface area (Å²) in [5, 5.41) is 19.2. The summed E-state index contributed by atoms with van der Waals surface area (Å²) in [4.78, 5) is 22.0. The lowest BCUT2D eigenvalue weighted by molar-refractivity contribution is -0.384. The number of carbonyl (C=O) groups is 1. The van der Waals surface area contributed by atoms with Crippen molar-refractivity contribution < 1.29 is 9.72 Å². The lowest BCUT2D eigenvalue weighted by atomic mass is 10.2. The molecule has 1 aromatic carbocycles. The van der Waals surface area contributed by atoms with Crippen molar-refractivity contribution in [1.82, 2.24) is 10.2 Å². The third-order valence-corrected chi connectivity index (χ3v) is 3.02. The van der Waals surface area contributed by atoms with Crippen LogP contribution in [-0.4, -0.2) is 21.0 Å². The van der Waals surface area contributed by atoms with Crippen molar-refractivity contribution in [3.63, 3.8) is 0 Å². The maximum atomic E-state index is 11.9. The van der Waals surface area contributed by atoms with Gasteiger partial charge in [-0.3, -0.25) is 20.0 Å². The number of non-ortho nitro benzene ring substituents is 1. The molecule has 1 heterocycles. The van der Waals surface area contributed by atoms with Crippen molar-refractivity contribution in [2.24, 2.45) is 0 Å². The number of rotatable bonds is 3. The molecule has 2 N–H and O–H groups in total. The molecular formula is C10H6Cl2N4O3. The van der Waals surface area contributed by atoms with Crippen molar-refractivity contribution >= 4 is 40.6 Å². The molecule has 2 rings (SSSR count). The summed E-state index contributed by atoms with van der Waals surface area (Å²) in [6.45, 7) is 0. The first-order valence-corrected chi connectivity index (χ1v) is 5.69. The van der Waals surface area contributed by atoms with Gasteiger partial charge in [-0.2, -0.15) is 5.10 Å². The van der Waals surface area contributed by atoms with E-state index in [1.807, 2.05) is 0 Å². The van der Waals surface area contributed by atoms with Gasteiger partial charge in [0.25, 0.3) is 11.6 Å². The van der Waals surface area contributed by atoms with E-state index in [9.17, 15) is 14.9 Å². The Labute approximate surface area is 116 Å². The van der Waals surface area contributed by atoms with E-state index >= 15 is 0 Å². The minimum atomic E-state index is -0.658. The second kappa shape index (κ2) is 5.25. The first kappa shape index (κ1) is 13.3. The topological polar surface area (TPSA) is 101 Å². The molecule has 9 heteroatoms. The Morgan fingerprint density at radius 3 is 2.74 bits per heavy atom. The average Bonchev–Trinajstić information content (AvgIpc) is 2.84. The predicted octanol–water partition coefficient (Wildman–Crippen LogP) is 2.88. The van der Waals surface area contributed by atoms with Gasteiger partial charge >= 0.3 is 0 Å². The number of aromatic nitrogens is 2. The number of nitrogens with one attached hydrogen (secondary N) is 2. The smallest absolute Gasteiger partial charge is 0.271 e. The van der Waals surface area contributed by atoms with Gasteiger partial charge in [-0.05, 0) is 0 Å². The Balaban J connectivity index is 2.38. The van der Waals surface area contributed by atoms with Crippen LogP contribution in [0.25, 0.3) is 0 Å². The van der Waals surface area contributed by atoms with E-state index in [0.717, 1.165) is 12.1 Å². The van der Waals surface area contributed by atoms with Crippen molar-refractivity contribution in [3.8, 4) is 0 Å². The van der Waals surface area contributed by atoms with Gasteiger partial charge in [0, 0.05) is 18.2 Å². The molecule has 2 aromatic rings. The largest absolute Gasteiger partial charge is 0.307 e. The van der Waals surface area contributed by atoms with Crippen LogP contribution in [0.5, 0.6) is 0 Å². The molecule has 19 heavy (non-hydrogen) atoms. The highest BCUT2D eigenvalue weighted by Gasteiger charge is 2.19. The number of nitrogens with zero attached hydrogens (tertiary/aromatic N) is 2. The van der Waals surface area contributed by atoms with Crippen LogP contribution in [0.2, 0.25) is 10.0 Å². The zero-order chi connectivity index (χ0) is 14.0. The summed E-state index contributed by atoms with van der Waals surface area (Å²) in [5.41, 5.74) is -0.403. The van der Waals surface area contributed by atoms with Crippen LogP contribution in [0, 0.1) is 10.1 Å². The van der Waals surface area contributed by atoms with E-state index in [2.05, 4.69) is 15.5 Å². The van der Waals surface area contributed by atoms with Gasteiger partial charge < -0.3 is 5.32 Å². The number of halogens is 2. The number of aromatic amines is 1. The number of amides is 1. The van der Waals surface area contributed by atoms with Crippen LogP contribution in [0.15, 0.2) is 24.4 Å². The monoisotopic (exact) mass is 300 g/mol. The molecule has 0 aliphatic heterocycles. The number of hydrogen-bond acceptors (Lipinski definition) is 4. The van der Waals surface area contributed by atoms with Gasteiger partial charge in [0.15, 0.2) is 0 Å². The molecule has 98 valence electrons. The second-order valence-corrected chi connectivity index (χ2v) is 4.26. The SMILES string of the molecule is O=C(Nc1ccn[nH]1)c1cc([N+](=O)[O-])cc(Cl)c1Cl. The fourth-order valence-electron chi connectivity index (χ4n) is 1.36. The summed E-state index contributed by atoms with van der Waals surface area (Å²) >= 11 is 11.6. The fourth-order valence-corrected chi connectivity index (χ4v) is 1.77. The van der Waals surface area contributed by atoms with Gasteiger partial charge in [0.1, 0.15) is 5.82 Å². The van der Waals surface area contributed by atoms with Crippen molar-refractivity contribution in [1.29, 1.82) is 0 Å². The van der Waals surface area contributed by atoms with Crippen LogP contribution in [0.4, 0.5) is 11.5 Å². The highest BCUT2D eigenvalue weighted by Crippen LogP contribution is 2.31. The van der Waals surface area contributed by atoms with Crippen molar-refractivity contribution in [2.45, 2.75) is 0 Å². The number of nitro benzene ring substituents is 1. The third kappa shape index (κ3) is 2.83. The minimum absolute atomic E-state index is 0.0516. The molecule has 0 saturated heterocycles. The zero-order valence-electron chi connectivity index (χ0n) is 9.18. The molecule has 7 nitrogen and oxygen atoms in total. The summed E-state index contributed by atoms with van der Waals surface area (Å²) in [6.07, 6.45) is 1.44. The molecule has 0 unspecified atom stereocenters. The van der Waals surface area contributed by atoms with E-state index in [-0.39, 0.29) is 21.3 Å². The van der Waals surface area contributed by atoms with E-state index in [0.29, 0.717) is 5.82 Å². The molecule has 0 spiro atoms. The summed E-state index contributed by atoms with van der Waals surface area (Å²) in [5.74, 6) is -0.288. The number of nitro groups is 1.